The van der Waals surface area contributed by atoms with E-state index in [0.29, 0.717) is 12.0 Å². The summed E-state index contributed by atoms with van der Waals surface area (Å²) in [6.07, 6.45) is 4.97. The minimum atomic E-state index is -0.176. The Morgan fingerprint density at radius 1 is 1.24 bits per heavy atom. The molecule has 0 bridgehead atoms. The van der Waals surface area contributed by atoms with Crippen LogP contribution < -0.4 is 5.32 Å². The molecule has 0 radical (unpaired) electrons. The van der Waals surface area contributed by atoms with E-state index in [-0.39, 0.29) is 5.82 Å². The molecule has 1 aromatic rings. The maximum Gasteiger partial charge on any atom is 0.124 e. The van der Waals surface area contributed by atoms with Gasteiger partial charge in [0.15, 0.2) is 0 Å². The van der Waals surface area contributed by atoms with Gasteiger partial charge in [0.1, 0.15) is 5.82 Å². The van der Waals surface area contributed by atoms with Crippen molar-refractivity contribution in [1.82, 2.24) is 5.32 Å². The maximum absolute atomic E-state index is 13.4. The third-order valence-electron chi connectivity index (χ3n) is 4.60. The highest BCUT2D eigenvalue weighted by Crippen LogP contribution is 2.41. The molecule has 1 saturated carbocycles. The zero-order chi connectivity index (χ0) is 15.4. The standard InChI is InChI=1S/C18H27BrFN/c1-4-7-21-18(14-9-12(2)8-13(3)10-14)16-6-5-15(20)11-17(16)19/h5-6,11-14,18,21H,4,7-10H2,1-3H3. The molecular formula is C18H27BrFN. The molecule has 3 heteroatoms. The highest BCUT2D eigenvalue weighted by molar-refractivity contribution is 9.10. The van der Waals surface area contributed by atoms with Gasteiger partial charge in [-0.15, -0.1) is 0 Å². The van der Waals surface area contributed by atoms with Crippen LogP contribution in [0.3, 0.4) is 0 Å². The molecule has 118 valence electrons. The molecule has 0 aromatic heterocycles. The van der Waals surface area contributed by atoms with Crippen molar-refractivity contribution in [3.63, 3.8) is 0 Å². The average Bonchev–Trinajstić information content (AvgIpc) is 2.40. The Bertz CT molecular complexity index is 453. The first-order valence-electron chi connectivity index (χ1n) is 8.19. The van der Waals surface area contributed by atoms with Crippen molar-refractivity contribution >= 4 is 15.9 Å². The second-order valence-electron chi connectivity index (χ2n) is 6.78. The summed E-state index contributed by atoms with van der Waals surface area (Å²) in [6.45, 7) is 7.92. The molecule has 1 nitrogen and oxygen atoms in total. The molecule has 21 heavy (non-hydrogen) atoms. The molecule has 1 N–H and O–H groups in total. The smallest absolute Gasteiger partial charge is 0.124 e. The molecule has 0 spiro atoms. The van der Waals surface area contributed by atoms with Gasteiger partial charge in [0, 0.05) is 10.5 Å². The van der Waals surface area contributed by atoms with Crippen LogP contribution >= 0.6 is 15.9 Å². The topological polar surface area (TPSA) is 12.0 Å². The lowest BCUT2D eigenvalue weighted by Crippen LogP contribution is -2.34. The first kappa shape index (κ1) is 17.0. The maximum atomic E-state index is 13.4. The van der Waals surface area contributed by atoms with Crippen LogP contribution in [0.2, 0.25) is 0 Å². The Morgan fingerprint density at radius 3 is 2.48 bits per heavy atom. The lowest BCUT2D eigenvalue weighted by atomic mass is 9.72. The van der Waals surface area contributed by atoms with E-state index in [9.17, 15) is 4.39 Å². The van der Waals surface area contributed by atoms with Gasteiger partial charge in [0.2, 0.25) is 0 Å². The fraction of sp³-hybridized carbons (Fsp3) is 0.667. The van der Waals surface area contributed by atoms with E-state index in [4.69, 9.17) is 0 Å². The summed E-state index contributed by atoms with van der Waals surface area (Å²) >= 11 is 3.56. The average molecular weight is 356 g/mol. The molecule has 3 unspecified atom stereocenters. The third kappa shape index (κ3) is 4.53. The molecule has 1 aliphatic carbocycles. The quantitative estimate of drug-likeness (QED) is 0.713. The lowest BCUT2D eigenvalue weighted by molar-refractivity contribution is 0.176. The predicted octanol–water partition coefficient (Wildman–Crippen LogP) is 5.70. The van der Waals surface area contributed by atoms with E-state index in [0.717, 1.165) is 29.3 Å². The van der Waals surface area contributed by atoms with Crippen molar-refractivity contribution in [2.45, 2.75) is 52.5 Å². The summed E-state index contributed by atoms with van der Waals surface area (Å²) in [5.41, 5.74) is 1.20. The molecule has 1 fully saturated rings. The Labute approximate surface area is 136 Å². The van der Waals surface area contributed by atoms with Crippen LogP contribution in [0.15, 0.2) is 22.7 Å². The summed E-state index contributed by atoms with van der Waals surface area (Å²) in [7, 11) is 0. The first-order chi connectivity index (χ1) is 10.0. The molecule has 1 aliphatic rings. The number of halogens is 2. The fourth-order valence-electron chi connectivity index (χ4n) is 3.87. The van der Waals surface area contributed by atoms with Crippen LogP contribution in [-0.2, 0) is 0 Å². The zero-order valence-corrected chi connectivity index (χ0v) is 14.9. The third-order valence-corrected chi connectivity index (χ3v) is 5.28. The van der Waals surface area contributed by atoms with Crippen molar-refractivity contribution in [2.24, 2.45) is 17.8 Å². The van der Waals surface area contributed by atoms with E-state index in [1.165, 1.54) is 24.8 Å². The van der Waals surface area contributed by atoms with Gasteiger partial charge < -0.3 is 5.32 Å². The highest BCUT2D eigenvalue weighted by atomic mass is 79.9. The van der Waals surface area contributed by atoms with Crippen LogP contribution in [0.1, 0.15) is 58.1 Å². The molecule has 0 aliphatic heterocycles. The Hall–Kier alpha value is -0.410. The van der Waals surface area contributed by atoms with Gasteiger partial charge in [-0.05, 0) is 67.7 Å². The van der Waals surface area contributed by atoms with E-state index >= 15 is 0 Å². The second-order valence-corrected chi connectivity index (χ2v) is 7.63. The molecular weight excluding hydrogens is 329 g/mol. The van der Waals surface area contributed by atoms with E-state index in [1.807, 2.05) is 6.07 Å². The fourth-order valence-corrected chi connectivity index (χ4v) is 4.46. The van der Waals surface area contributed by atoms with E-state index < -0.39 is 0 Å². The number of rotatable bonds is 5. The lowest BCUT2D eigenvalue weighted by Gasteiger charge is -2.37. The first-order valence-corrected chi connectivity index (χ1v) is 8.98. The molecule has 0 amide bonds. The number of benzene rings is 1. The summed E-state index contributed by atoms with van der Waals surface area (Å²) in [6, 6.07) is 5.43. The zero-order valence-electron chi connectivity index (χ0n) is 13.3. The van der Waals surface area contributed by atoms with Crippen LogP contribution in [0.4, 0.5) is 4.39 Å². The highest BCUT2D eigenvalue weighted by Gasteiger charge is 2.31. The van der Waals surface area contributed by atoms with Gasteiger partial charge in [0.25, 0.3) is 0 Å². The van der Waals surface area contributed by atoms with E-state index in [2.05, 4.69) is 42.0 Å². The molecule has 0 heterocycles. The number of nitrogens with one attached hydrogen (secondary N) is 1. The van der Waals surface area contributed by atoms with Gasteiger partial charge in [-0.25, -0.2) is 4.39 Å². The van der Waals surface area contributed by atoms with Gasteiger partial charge >= 0.3 is 0 Å². The Balaban J connectivity index is 2.24. The van der Waals surface area contributed by atoms with Crippen LogP contribution in [0.25, 0.3) is 0 Å². The van der Waals surface area contributed by atoms with Gasteiger partial charge in [-0.2, -0.15) is 0 Å². The summed E-state index contributed by atoms with van der Waals surface area (Å²) in [5, 5.41) is 3.70. The summed E-state index contributed by atoms with van der Waals surface area (Å²) < 4.78 is 14.3. The molecule has 2 rings (SSSR count). The van der Waals surface area contributed by atoms with Gasteiger partial charge in [0.05, 0.1) is 0 Å². The minimum Gasteiger partial charge on any atom is -0.310 e. The normalized spacial score (nSPS) is 27.6. The summed E-state index contributed by atoms with van der Waals surface area (Å²) in [4.78, 5) is 0. The summed E-state index contributed by atoms with van der Waals surface area (Å²) in [5.74, 6) is 2.02. The second kappa shape index (κ2) is 7.73. The monoisotopic (exact) mass is 355 g/mol. The van der Waals surface area contributed by atoms with Crippen molar-refractivity contribution in [3.8, 4) is 0 Å². The van der Waals surface area contributed by atoms with Crippen molar-refractivity contribution in [1.29, 1.82) is 0 Å². The largest absolute Gasteiger partial charge is 0.310 e. The number of hydrogen-bond donors (Lipinski definition) is 1. The van der Waals surface area contributed by atoms with Gasteiger partial charge in [-0.1, -0.05) is 42.8 Å². The van der Waals surface area contributed by atoms with Crippen molar-refractivity contribution in [3.05, 3.63) is 34.1 Å². The van der Waals surface area contributed by atoms with Crippen molar-refractivity contribution < 1.29 is 4.39 Å². The van der Waals surface area contributed by atoms with Gasteiger partial charge in [-0.3, -0.25) is 0 Å². The predicted molar refractivity (Wildman–Crippen MR) is 90.8 cm³/mol. The molecule has 0 saturated heterocycles. The minimum absolute atomic E-state index is 0.176. The van der Waals surface area contributed by atoms with Crippen LogP contribution in [-0.4, -0.2) is 6.54 Å². The SMILES string of the molecule is CCCNC(c1ccc(F)cc1Br)C1CC(C)CC(C)C1. The molecule has 3 atom stereocenters. The molecule has 1 aromatic carbocycles. The van der Waals surface area contributed by atoms with E-state index in [1.54, 1.807) is 12.1 Å². The van der Waals surface area contributed by atoms with Crippen LogP contribution in [0.5, 0.6) is 0 Å². The Morgan fingerprint density at radius 2 is 1.90 bits per heavy atom. The van der Waals surface area contributed by atoms with Crippen molar-refractivity contribution in [2.75, 3.05) is 6.54 Å². The Kier molecular flexibility index (Phi) is 6.24. The number of hydrogen-bond acceptors (Lipinski definition) is 1. The van der Waals surface area contributed by atoms with Crippen LogP contribution in [0, 0.1) is 23.6 Å².